The third kappa shape index (κ3) is 5.09. The third-order valence-corrected chi connectivity index (χ3v) is 5.94. The second-order valence-corrected chi connectivity index (χ2v) is 8.21. The van der Waals surface area contributed by atoms with Gasteiger partial charge in [-0.3, -0.25) is 0 Å². The fraction of sp³-hybridized carbons (Fsp3) is 0.115. The summed E-state index contributed by atoms with van der Waals surface area (Å²) in [6, 6.07) is 20.1. The Morgan fingerprint density at radius 3 is 2.40 bits per heavy atom. The molecular weight excluding hydrogens is 519 g/mol. The molecule has 0 saturated carbocycles. The maximum Gasteiger partial charge on any atom is 0.357 e. The predicted octanol–water partition coefficient (Wildman–Crippen LogP) is 5.59. The standard InChI is InChI=1S/C26H20BrFN2O5/c1-33-25(31)22-23(29-30(24(22)26(32)34-2)19-8-4-3-5-9-19)16-7-6-10-20(14-16)35-15-17-13-18(28)11-12-21(17)27/h3-14H,15H2,1-2H3. The fourth-order valence-corrected chi connectivity index (χ4v) is 3.87. The van der Waals surface area contributed by atoms with Gasteiger partial charge >= 0.3 is 11.9 Å². The van der Waals surface area contributed by atoms with Gasteiger partial charge in [-0.05, 0) is 42.5 Å². The average molecular weight is 539 g/mol. The molecule has 0 saturated heterocycles. The molecule has 0 spiro atoms. The normalized spacial score (nSPS) is 10.6. The first-order valence-electron chi connectivity index (χ1n) is 10.4. The number of nitrogens with zero attached hydrogens (tertiary/aromatic N) is 2. The molecular formula is C26H20BrFN2O5. The number of carbonyl (C=O) groups is 2. The van der Waals surface area contributed by atoms with Crippen molar-refractivity contribution in [3.05, 3.63) is 99.9 Å². The van der Waals surface area contributed by atoms with Gasteiger partial charge in [-0.15, -0.1) is 0 Å². The highest BCUT2D eigenvalue weighted by atomic mass is 79.9. The van der Waals surface area contributed by atoms with E-state index >= 15 is 0 Å². The zero-order valence-corrected chi connectivity index (χ0v) is 20.4. The van der Waals surface area contributed by atoms with Crippen molar-refractivity contribution in [2.24, 2.45) is 0 Å². The summed E-state index contributed by atoms with van der Waals surface area (Å²) >= 11 is 3.39. The Labute approximate surface area is 209 Å². The Kier molecular flexibility index (Phi) is 7.26. The highest BCUT2D eigenvalue weighted by Crippen LogP contribution is 2.31. The van der Waals surface area contributed by atoms with Crippen LogP contribution in [0.3, 0.4) is 0 Å². The number of ether oxygens (including phenoxy) is 3. The van der Waals surface area contributed by atoms with Crippen molar-refractivity contribution < 1.29 is 28.2 Å². The highest BCUT2D eigenvalue weighted by Gasteiger charge is 2.31. The number of halogens is 2. The number of benzene rings is 3. The van der Waals surface area contributed by atoms with Crippen LogP contribution in [0, 0.1) is 5.82 Å². The maximum atomic E-state index is 13.6. The number of aromatic nitrogens is 2. The number of carbonyl (C=O) groups excluding carboxylic acids is 2. The fourth-order valence-electron chi connectivity index (χ4n) is 3.50. The minimum atomic E-state index is -0.739. The van der Waals surface area contributed by atoms with Crippen molar-refractivity contribution in [1.82, 2.24) is 9.78 Å². The van der Waals surface area contributed by atoms with Crippen LogP contribution in [0.15, 0.2) is 77.3 Å². The Bertz CT molecular complexity index is 1390. The lowest BCUT2D eigenvalue weighted by molar-refractivity contribution is 0.0549. The molecule has 1 aromatic heterocycles. The predicted molar refractivity (Wildman–Crippen MR) is 130 cm³/mol. The molecule has 0 aliphatic carbocycles. The molecule has 4 rings (SSSR count). The van der Waals surface area contributed by atoms with Crippen molar-refractivity contribution in [2.75, 3.05) is 14.2 Å². The topological polar surface area (TPSA) is 79.7 Å². The van der Waals surface area contributed by atoms with Gasteiger partial charge in [-0.1, -0.05) is 46.3 Å². The van der Waals surface area contributed by atoms with E-state index in [0.29, 0.717) is 27.0 Å². The van der Waals surface area contributed by atoms with Crippen LogP contribution in [0.25, 0.3) is 16.9 Å². The van der Waals surface area contributed by atoms with Gasteiger partial charge in [0.2, 0.25) is 0 Å². The third-order valence-electron chi connectivity index (χ3n) is 5.16. The number of hydrogen-bond donors (Lipinski definition) is 0. The summed E-state index contributed by atoms with van der Waals surface area (Å²) in [5.41, 5.74) is 1.84. The molecule has 0 aliphatic rings. The number of rotatable bonds is 7. The van der Waals surface area contributed by atoms with Gasteiger partial charge in [0.15, 0.2) is 5.69 Å². The molecule has 0 fully saturated rings. The summed E-state index contributed by atoms with van der Waals surface area (Å²) in [5.74, 6) is -1.39. The van der Waals surface area contributed by atoms with Crippen LogP contribution in [0.1, 0.15) is 26.4 Å². The summed E-state index contributed by atoms with van der Waals surface area (Å²) in [6.45, 7) is 0.109. The highest BCUT2D eigenvalue weighted by molar-refractivity contribution is 9.10. The number of para-hydroxylation sites is 1. The molecule has 178 valence electrons. The minimum Gasteiger partial charge on any atom is -0.489 e. The Morgan fingerprint density at radius 1 is 0.943 bits per heavy atom. The molecule has 0 amide bonds. The van der Waals surface area contributed by atoms with Crippen molar-refractivity contribution in [3.63, 3.8) is 0 Å². The molecule has 1 heterocycles. The molecule has 0 radical (unpaired) electrons. The summed E-state index contributed by atoms with van der Waals surface area (Å²) in [5, 5.41) is 4.58. The first kappa shape index (κ1) is 24.2. The van der Waals surface area contributed by atoms with E-state index in [-0.39, 0.29) is 29.4 Å². The first-order chi connectivity index (χ1) is 16.9. The van der Waals surface area contributed by atoms with Crippen LogP contribution in [0.5, 0.6) is 5.75 Å². The first-order valence-corrected chi connectivity index (χ1v) is 11.2. The molecule has 9 heteroatoms. The maximum absolute atomic E-state index is 13.6. The molecule has 3 aromatic carbocycles. The molecule has 0 N–H and O–H groups in total. The molecule has 0 atom stereocenters. The second kappa shape index (κ2) is 10.5. The van der Waals surface area contributed by atoms with E-state index in [1.807, 2.05) is 6.07 Å². The van der Waals surface area contributed by atoms with Gasteiger partial charge < -0.3 is 14.2 Å². The average Bonchev–Trinajstić information content (AvgIpc) is 3.30. The summed E-state index contributed by atoms with van der Waals surface area (Å²) in [4.78, 5) is 25.5. The van der Waals surface area contributed by atoms with Crippen LogP contribution in [-0.4, -0.2) is 35.9 Å². The summed E-state index contributed by atoms with van der Waals surface area (Å²) in [7, 11) is 2.45. The van der Waals surface area contributed by atoms with Crippen LogP contribution in [0.2, 0.25) is 0 Å². The van der Waals surface area contributed by atoms with Crippen LogP contribution < -0.4 is 4.74 Å². The van der Waals surface area contributed by atoms with Gasteiger partial charge in [0.1, 0.15) is 29.4 Å². The Balaban J connectivity index is 1.79. The van der Waals surface area contributed by atoms with Crippen molar-refractivity contribution >= 4 is 27.9 Å². The van der Waals surface area contributed by atoms with Gasteiger partial charge in [-0.2, -0.15) is 5.10 Å². The Morgan fingerprint density at radius 2 is 1.69 bits per heavy atom. The Hall–Kier alpha value is -3.98. The number of methoxy groups -OCH3 is 2. The van der Waals surface area contributed by atoms with Gasteiger partial charge in [0, 0.05) is 15.6 Å². The summed E-state index contributed by atoms with van der Waals surface area (Å²) < 4.78 is 31.5. The van der Waals surface area contributed by atoms with E-state index in [0.717, 1.165) is 0 Å². The zero-order chi connectivity index (χ0) is 24.9. The lowest BCUT2D eigenvalue weighted by atomic mass is 10.1. The zero-order valence-electron chi connectivity index (χ0n) is 18.8. The smallest absolute Gasteiger partial charge is 0.357 e. The lowest BCUT2D eigenvalue weighted by Gasteiger charge is -2.10. The second-order valence-electron chi connectivity index (χ2n) is 7.35. The largest absolute Gasteiger partial charge is 0.489 e. The molecule has 4 aromatic rings. The monoisotopic (exact) mass is 538 g/mol. The quantitative estimate of drug-likeness (QED) is 0.285. The molecule has 0 unspecified atom stereocenters. The lowest BCUT2D eigenvalue weighted by Crippen LogP contribution is -2.15. The van der Waals surface area contributed by atoms with Gasteiger partial charge in [0.25, 0.3) is 0 Å². The van der Waals surface area contributed by atoms with Gasteiger partial charge in [0.05, 0.1) is 19.9 Å². The van der Waals surface area contributed by atoms with Crippen molar-refractivity contribution in [1.29, 1.82) is 0 Å². The van der Waals surface area contributed by atoms with E-state index in [1.165, 1.54) is 31.0 Å². The van der Waals surface area contributed by atoms with E-state index in [4.69, 9.17) is 14.2 Å². The van der Waals surface area contributed by atoms with Crippen molar-refractivity contribution in [3.8, 4) is 22.7 Å². The SMILES string of the molecule is COC(=O)c1c(-c2cccc(OCc3cc(F)ccc3Br)c2)nn(-c2ccccc2)c1C(=O)OC. The minimum absolute atomic E-state index is 0.0340. The van der Waals surface area contributed by atoms with E-state index in [2.05, 4.69) is 21.0 Å². The van der Waals surface area contributed by atoms with E-state index in [9.17, 15) is 14.0 Å². The molecule has 0 bridgehead atoms. The molecule has 35 heavy (non-hydrogen) atoms. The van der Waals surface area contributed by atoms with Crippen LogP contribution in [-0.2, 0) is 16.1 Å². The number of hydrogen-bond acceptors (Lipinski definition) is 6. The van der Waals surface area contributed by atoms with E-state index < -0.39 is 11.9 Å². The molecule has 7 nitrogen and oxygen atoms in total. The van der Waals surface area contributed by atoms with Crippen LogP contribution in [0.4, 0.5) is 4.39 Å². The summed E-state index contributed by atoms with van der Waals surface area (Å²) in [6.07, 6.45) is 0. The van der Waals surface area contributed by atoms with Gasteiger partial charge in [-0.25, -0.2) is 18.7 Å². The van der Waals surface area contributed by atoms with Crippen molar-refractivity contribution in [2.45, 2.75) is 6.61 Å². The number of esters is 2. The van der Waals surface area contributed by atoms with E-state index in [1.54, 1.807) is 54.6 Å². The molecule has 0 aliphatic heterocycles. The van der Waals surface area contributed by atoms with Crippen LogP contribution >= 0.6 is 15.9 Å².